The minimum Gasteiger partial charge on any atom is -0.362 e. The van der Waals surface area contributed by atoms with Crippen LogP contribution in [0.1, 0.15) is 6.42 Å². The molecule has 1 heterocycles. The number of nitro groups is 1. The molecule has 9 heteroatoms. The van der Waals surface area contributed by atoms with Crippen LogP contribution in [-0.4, -0.2) is 36.5 Å². The molecule has 0 saturated carbocycles. The lowest BCUT2D eigenvalue weighted by atomic mass is 10.1. The van der Waals surface area contributed by atoms with Gasteiger partial charge in [-0.25, -0.2) is 8.42 Å². The molecule has 0 aliphatic carbocycles. The van der Waals surface area contributed by atoms with Crippen LogP contribution in [-0.2, 0) is 9.84 Å². The van der Waals surface area contributed by atoms with Gasteiger partial charge in [0, 0.05) is 12.6 Å². The van der Waals surface area contributed by atoms with Crippen LogP contribution in [0.4, 0.5) is 11.4 Å². The second kappa shape index (κ2) is 6.35. The van der Waals surface area contributed by atoms with E-state index in [1.54, 1.807) is 18.2 Å². The number of hydrogen-bond donors (Lipinski definition) is 2. The van der Waals surface area contributed by atoms with Crippen LogP contribution in [0.5, 0.6) is 0 Å². The average molecular weight is 329 g/mol. The summed E-state index contributed by atoms with van der Waals surface area (Å²) in [6, 6.07) is 6.19. The molecule has 2 N–H and O–H groups in total. The van der Waals surface area contributed by atoms with Crippen molar-refractivity contribution in [1.29, 1.82) is 0 Å². The Bertz CT molecular complexity index is 660. The topological polar surface area (TPSA) is 101 Å². The first-order valence-electron chi connectivity index (χ1n) is 6.36. The molecule has 0 spiro atoms. The zero-order chi connectivity index (χ0) is 15.5. The van der Waals surface area contributed by atoms with Gasteiger partial charge in [0.2, 0.25) is 0 Å². The van der Waals surface area contributed by atoms with Crippen LogP contribution in [0, 0.1) is 16.0 Å². The van der Waals surface area contributed by atoms with Gasteiger partial charge in [-0.2, -0.15) is 0 Å². The molecule has 1 unspecified atom stereocenters. The highest BCUT2D eigenvalue weighted by Crippen LogP contribution is 2.23. The summed E-state index contributed by atoms with van der Waals surface area (Å²) in [5.41, 5.74) is 0.240. The first-order chi connectivity index (χ1) is 9.87. The fraction of sp³-hybridized carbons (Fsp3) is 0.417. The third kappa shape index (κ3) is 4.36. The molecule has 7 nitrogen and oxygen atoms in total. The minimum absolute atomic E-state index is 0.0282. The molecule has 1 aromatic carbocycles. The van der Waals surface area contributed by atoms with Gasteiger partial charge in [-0.05, 0) is 30.6 Å². The SMILES string of the molecule is O=[N+]([O-])c1ccccc1NC(=S)NCC1CCS(=O)(=O)C1. The quantitative estimate of drug-likeness (QED) is 0.488. The number of hydrogen-bond acceptors (Lipinski definition) is 5. The van der Waals surface area contributed by atoms with E-state index >= 15 is 0 Å². The van der Waals surface area contributed by atoms with Crippen LogP contribution < -0.4 is 10.6 Å². The molecule has 1 saturated heterocycles. The molecule has 0 amide bonds. The van der Waals surface area contributed by atoms with Crippen LogP contribution in [0.25, 0.3) is 0 Å². The van der Waals surface area contributed by atoms with E-state index in [9.17, 15) is 18.5 Å². The second-order valence-electron chi connectivity index (χ2n) is 4.88. The number of benzene rings is 1. The Hall–Kier alpha value is -1.74. The molecule has 0 radical (unpaired) electrons. The second-order valence-corrected chi connectivity index (χ2v) is 7.52. The van der Waals surface area contributed by atoms with Crippen LogP contribution >= 0.6 is 12.2 Å². The van der Waals surface area contributed by atoms with E-state index in [0.717, 1.165) is 0 Å². The van der Waals surface area contributed by atoms with Gasteiger partial charge in [0.25, 0.3) is 5.69 Å². The lowest BCUT2D eigenvalue weighted by molar-refractivity contribution is -0.383. The predicted octanol–water partition coefficient (Wildman–Crippen LogP) is 1.32. The number of nitro benzene ring substituents is 1. The Morgan fingerprint density at radius 2 is 2.14 bits per heavy atom. The third-order valence-corrected chi connectivity index (χ3v) is 5.31. The fourth-order valence-corrected chi connectivity index (χ4v) is 4.23. The number of rotatable bonds is 4. The summed E-state index contributed by atoms with van der Waals surface area (Å²) in [6.07, 6.45) is 0.615. The van der Waals surface area contributed by atoms with Crippen molar-refractivity contribution in [3.05, 3.63) is 34.4 Å². The highest BCUT2D eigenvalue weighted by atomic mass is 32.2. The molecule has 1 atom stereocenters. The summed E-state index contributed by atoms with van der Waals surface area (Å²) >= 11 is 5.08. The van der Waals surface area contributed by atoms with Crippen molar-refractivity contribution in [3.63, 3.8) is 0 Å². The largest absolute Gasteiger partial charge is 0.362 e. The Labute approximate surface area is 127 Å². The van der Waals surface area contributed by atoms with Gasteiger partial charge >= 0.3 is 0 Å². The van der Waals surface area contributed by atoms with E-state index < -0.39 is 14.8 Å². The number of nitrogens with one attached hydrogen (secondary N) is 2. The number of anilines is 1. The van der Waals surface area contributed by atoms with E-state index in [2.05, 4.69) is 10.6 Å². The summed E-state index contributed by atoms with van der Waals surface area (Å²) < 4.78 is 22.7. The van der Waals surface area contributed by atoms with Gasteiger partial charge in [0.1, 0.15) is 5.69 Å². The van der Waals surface area contributed by atoms with Crippen molar-refractivity contribution in [2.24, 2.45) is 5.92 Å². The maximum Gasteiger partial charge on any atom is 0.292 e. The molecule has 1 fully saturated rings. The van der Waals surface area contributed by atoms with E-state index in [4.69, 9.17) is 12.2 Å². The monoisotopic (exact) mass is 329 g/mol. The van der Waals surface area contributed by atoms with Gasteiger partial charge in [-0.3, -0.25) is 10.1 Å². The van der Waals surface area contributed by atoms with Gasteiger partial charge in [0.15, 0.2) is 14.9 Å². The maximum atomic E-state index is 11.3. The Morgan fingerprint density at radius 3 is 2.76 bits per heavy atom. The van der Waals surface area contributed by atoms with Crippen LogP contribution in [0.2, 0.25) is 0 Å². The zero-order valence-electron chi connectivity index (χ0n) is 11.1. The Morgan fingerprint density at radius 1 is 1.43 bits per heavy atom. The lowest BCUT2D eigenvalue weighted by Gasteiger charge is -2.13. The molecule has 0 aromatic heterocycles. The van der Waals surface area contributed by atoms with Crippen molar-refractivity contribution >= 4 is 38.5 Å². The van der Waals surface area contributed by atoms with Gasteiger partial charge < -0.3 is 10.6 Å². The van der Waals surface area contributed by atoms with Crippen molar-refractivity contribution in [3.8, 4) is 0 Å². The molecule has 2 rings (SSSR count). The summed E-state index contributed by atoms with van der Waals surface area (Å²) in [5, 5.41) is 16.8. The first kappa shape index (κ1) is 15.6. The normalized spacial score (nSPS) is 19.9. The molecular formula is C12H15N3O4S2. The number of para-hydroxylation sites is 2. The van der Waals surface area contributed by atoms with E-state index in [1.165, 1.54) is 6.07 Å². The summed E-state index contributed by atoms with van der Waals surface area (Å²) in [5.74, 6) is 0.401. The van der Waals surface area contributed by atoms with Crippen molar-refractivity contribution in [2.45, 2.75) is 6.42 Å². The third-order valence-electron chi connectivity index (χ3n) is 3.23. The standard InChI is InChI=1S/C12H15N3O4S2/c16-15(17)11-4-2-1-3-10(11)14-12(20)13-7-9-5-6-21(18,19)8-9/h1-4,9H,5-8H2,(H2,13,14,20). The van der Waals surface area contributed by atoms with Gasteiger partial charge in [-0.1, -0.05) is 12.1 Å². The molecule has 1 aliphatic heterocycles. The van der Waals surface area contributed by atoms with E-state index in [0.29, 0.717) is 18.7 Å². The van der Waals surface area contributed by atoms with Crippen LogP contribution in [0.3, 0.4) is 0 Å². The number of nitrogens with zero attached hydrogens (tertiary/aromatic N) is 1. The van der Waals surface area contributed by atoms with E-state index in [-0.39, 0.29) is 28.2 Å². The van der Waals surface area contributed by atoms with E-state index in [1.807, 2.05) is 0 Å². The highest BCUT2D eigenvalue weighted by molar-refractivity contribution is 7.91. The highest BCUT2D eigenvalue weighted by Gasteiger charge is 2.27. The lowest BCUT2D eigenvalue weighted by Crippen LogP contribution is -2.33. The first-order valence-corrected chi connectivity index (χ1v) is 8.59. The minimum atomic E-state index is -2.91. The molecule has 114 valence electrons. The summed E-state index contributed by atoms with van der Waals surface area (Å²) in [6.45, 7) is 0.436. The maximum absolute atomic E-state index is 11.3. The molecule has 1 aromatic rings. The van der Waals surface area contributed by atoms with Crippen molar-refractivity contribution < 1.29 is 13.3 Å². The number of sulfone groups is 1. The van der Waals surface area contributed by atoms with Crippen LogP contribution in [0.15, 0.2) is 24.3 Å². The van der Waals surface area contributed by atoms with Gasteiger partial charge in [-0.15, -0.1) is 0 Å². The Balaban J connectivity index is 1.90. The molecule has 0 bridgehead atoms. The van der Waals surface area contributed by atoms with Crippen molar-refractivity contribution in [2.75, 3.05) is 23.4 Å². The summed E-state index contributed by atoms with van der Waals surface area (Å²) in [4.78, 5) is 10.4. The smallest absolute Gasteiger partial charge is 0.292 e. The molecule has 21 heavy (non-hydrogen) atoms. The number of thiocarbonyl (C=S) groups is 1. The molecular weight excluding hydrogens is 314 g/mol. The summed E-state index contributed by atoms with van der Waals surface area (Å²) in [7, 11) is -2.91. The zero-order valence-corrected chi connectivity index (χ0v) is 12.7. The van der Waals surface area contributed by atoms with Gasteiger partial charge in [0.05, 0.1) is 16.4 Å². The molecule has 1 aliphatic rings. The van der Waals surface area contributed by atoms with Crippen molar-refractivity contribution in [1.82, 2.24) is 5.32 Å². The fourth-order valence-electron chi connectivity index (χ4n) is 2.18. The Kier molecular flexibility index (Phi) is 4.73. The average Bonchev–Trinajstić information content (AvgIpc) is 2.76. The predicted molar refractivity (Wildman–Crippen MR) is 84.1 cm³/mol.